The van der Waals surface area contributed by atoms with Crippen LogP contribution in [0.4, 0.5) is 0 Å². The number of hydrogen-bond donors (Lipinski definition) is 0. The molecule has 2 heterocycles. The van der Waals surface area contributed by atoms with Crippen LogP contribution in [0.25, 0.3) is 81.8 Å². The number of rotatable bonds is 4. The Labute approximate surface area is 305 Å². The highest BCUT2D eigenvalue weighted by molar-refractivity contribution is 7.86. The molecule has 11 aromatic rings. The van der Waals surface area contributed by atoms with Crippen molar-refractivity contribution in [2.75, 3.05) is 0 Å². The maximum Gasteiger partial charge on any atom is 0.172 e. The van der Waals surface area contributed by atoms with E-state index in [1.54, 1.807) is 0 Å². The smallest absolute Gasteiger partial charge is 0.172 e. The van der Waals surface area contributed by atoms with E-state index in [0.717, 1.165) is 76.2 Å². The van der Waals surface area contributed by atoms with Gasteiger partial charge < -0.3 is 4.57 Å². The second-order valence-electron chi connectivity index (χ2n) is 13.8. The molecular weight excluding hydrogens is 664 g/mol. The first-order valence-corrected chi connectivity index (χ1v) is 19.7. The van der Waals surface area contributed by atoms with E-state index in [1.807, 2.05) is 60.7 Å². The maximum atomic E-state index is 16.1. The van der Waals surface area contributed by atoms with E-state index in [9.17, 15) is 0 Å². The summed E-state index contributed by atoms with van der Waals surface area (Å²) >= 11 is 0. The highest BCUT2D eigenvalue weighted by Crippen LogP contribution is 2.49. The van der Waals surface area contributed by atoms with Crippen molar-refractivity contribution in [1.82, 2.24) is 9.38 Å². The third-order valence-electron chi connectivity index (χ3n) is 11.0. The van der Waals surface area contributed by atoms with Crippen LogP contribution in [0.1, 0.15) is 0 Å². The van der Waals surface area contributed by atoms with E-state index in [4.69, 9.17) is 4.98 Å². The van der Waals surface area contributed by atoms with E-state index in [1.165, 1.54) is 21.5 Å². The molecule has 0 N–H and O–H groups in total. The average Bonchev–Trinajstić information content (AvgIpc) is 3.63. The lowest BCUT2D eigenvalue weighted by atomic mass is 9.91. The van der Waals surface area contributed by atoms with Crippen LogP contribution in [0.2, 0.25) is 0 Å². The molecule has 0 saturated carbocycles. The highest BCUT2D eigenvalue weighted by atomic mass is 31.2. The van der Waals surface area contributed by atoms with Crippen LogP contribution in [0.3, 0.4) is 0 Å². The highest BCUT2D eigenvalue weighted by Gasteiger charge is 2.34. The van der Waals surface area contributed by atoms with Crippen molar-refractivity contribution in [3.63, 3.8) is 0 Å². The molecule has 53 heavy (non-hydrogen) atoms. The summed E-state index contributed by atoms with van der Waals surface area (Å²) in [5.41, 5.74) is 6.34. The summed E-state index contributed by atoms with van der Waals surface area (Å²) in [5, 5.41) is 12.6. The first-order valence-electron chi connectivity index (χ1n) is 18.0. The number of aromatic nitrogens is 2. The van der Waals surface area contributed by atoms with Gasteiger partial charge in [0.2, 0.25) is 0 Å². The number of para-hydroxylation sites is 2. The fraction of sp³-hybridized carbons (Fsp3) is 0. The van der Waals surface area contributed by atoms with Crippen molar-refractivity contribution in [2.45, 2.75) is 0 Å². The Morgan fingerprint density at radius 3 is 1.58 bits per heavy atom. The third kappa shape index (κ3) is 4.35. The van der Waals surface area contributed by atoms with Gasteiger partial charge in [-0.05, 0) is 79.2 Å². The minimum atomic E-state index is -3.33. The van der Waals surface area contributed by atoms with E-state index >= 15 is 4.57 Å². The van der Waals surface area contributed by atoms with Crippen molar-refractivity contribution >= 4 is 93.7 Å². The molecule has 11 rings (SSSR count). The maximum absolute atomic E-state index is 16.1. The third-order valence-corrected chi connectivity index (χ3v) is 14.1. The minimum absolute atomic E-state index is 0.828. The summed E-state index contributed by atoms with van der Waals surface area (Å²) in [6.45, 7) is 0. The summed E-state index contributed by atoms with van der Waals surface area (Å²) in [4.78, 5) is 5.23. The van der Waals surface area contributed by atoms with Crippen LogP contribution >= 0.6 is 7.14 Å². The zero-order valence-electron chi connectivity index (χ0n) is 28.6. The van der Waals surface area contributed by atoms with Crippen molar-refractivity contribution in [2.24, 2.45) is 0 Å². The summed E-state index contributed by atoms with van der Waals surface area (Å²) in [7, 11) is -3.33. The van der Waals surface area contributed by atoms with Gasteiger partial charge in [0.05, 0.1) is 16.6 Å². The van der Waals surface area contributed by atoms with Crippen LogP contribution in [0, 0.1) is 0 Å². The molecule has 9 aromatic carbocycles. The van der Waals surface area contributed by atoms with Gasteiger partial charge in [0.25, 0.3) is 0 Å². The zero-order valence-corrected chi connectivity index (χ0v) is 29.5. The van der Waals surface area contributed by atoms with Gasteiger partial charge in [-0.2, -0.15) is 0 Å². The largest absolute Gasteiger partial charge is 0.309 e. The van der Waals surface area contributed by atoms with Gasteiger partial charge in [0, 0.05) is 26.7 Å². The molecule has 0 bridgehead atoms. The predicted octanol–water partition coefficient (Wildman–Crippen LogP) is 11.6. The molecule has 0 aliphatic carbocycles. The summed E-state index contributed by atoms with van der Waals surface area (Å²) in [5.74, 6) is 0. The lowest BCUT2D eigenvalue weighted by molar-refractivity contribution is 0.593. The molecule has 0 unspecified atom stereocenters. The van der Waals surface area contributed by atoms with E-state index in [0.29, 0.717) is 0 Å². The van der Waals surface area contributed by atoms with Gasteiger partial charge in [0.1, 0.15) is 5.65 Å². The quantitative estimate of drug-likeness (QED) is 0.104. The first-order chi connectivity index (χ1) is 26.2. The number of pyridine rings is 1. The van der Waals surface area contributed by atoms with Crippen LogP contribution in [-0.4, -0.2) is 9.38 Å². The van der Waals surface area contributed by atoms with Gasteiger partial charge >= 0.3 is 0 Å². The number of fused-ring (bicyclic) bond motifs is 11. The Hall–Kier alpha value is -6.54. The van der Waals surface area contributed by atoms with Crippen molar-refractivity contribution in [3.05, 3.63) is 188 Å². The Bertz CT molecular complexity index is 3210. The van der Waals surface area contributed by atoms with Crippen LogP contribution in [-0.2, 0) is 4.57 Å². The molecule has 0 atom stereocenters. The minimum Gasteiger partial charge on any atom is -0.309 e. The molecule has 0 fully saturated rings. The Balaban J connectivity index is 1.28. The number of nitrogens with zero attached hydrogens (tertiary/aromatic N) is 2. The zero-order chi connectivity index (χ0) is 35.1. The van der Waals surface area contributed by atoms with E-state index < -0.39 is 7.14 Å². The van der Waals surface area contributed by atoms with E-state index in [2.05, 4.69) is 132 Å². The predicted molar refractivity (Wildman–Crippen MR) is 225 cm³/mol. The second kappa shape index (κ2) is 11.5. The number of benzene rings is 9. The molecule has 0 aliphatic heterocycles. The topological polar surface area (TPSA) is 34.4 Å². The normalized spacial score (nSPS) is 12.2. The Morgan fingerprint density at radius 2 is 0.943 bits per heavy atom. The number of imidazole rings is 1. The molecule has 0 saturated heterocycles. The van der Waals surface area contributed by atoms with Gasteiger partial charge in [0.15, 0.2) is 7.14 Å². The molecular formula is C49H31N2OP. The SMILES string of the molecule is O=P(c1ccccc1)(c1ccccc1)c1c2ccccc2c(-c2ccc3c4cc5ccccc5cc4c4nc5ccccc5n4c3c2)c2ccccc12. The molecule has 3 nitrogen and oxygen atoms in total. The average molecular weight is 695 g/mol. The van der Waals surface area contributed by atoms with Gasteiger partial charge in [-0.3, -0.25) is 4.40 Å². The van der Waals surface area contributed by atoms with Crippen molar-refractivity contribution in [3.8, 4) is 11.1 Å². The van der Waals surface area contributed by atoms with Crippen LogP contribution in [0.5, 0.6) is 0 Å². The fourth-order valence-electron chi connectivity index (χ4n) is 8.64. The van der Waals surface area contributed by atoms with Crippen molar-refractivity contribution in [1.29, 1.82) is 0 Å². The lowest BCUT2D eigenvalue weighted by Crippen LogP contribution is -2.26. The molecule has 4 heteroatoms. The standard InChI is InChI=1S/C49H31N2OP/c52-53(35-17-3-1-4-18-35,36-19-5-2-6-20-36)48-40-23-11-9-21-38(40)47(39-22-10-12-24-41(39)48)34-27-28-37-42-29-32-15-7-8-16-33(32)30-43(42)49-50-44-25-13-14-26-45(44)51(49)46(37)31-34/h1-31H. The summed E-state index contributed by atoms with van der Waals surface area (Å²) in [6.07, 6.45) is 0. The lowest BCUT2D eigenvalue weighted by Gasteiger charge is -2.25. The molecule has 0 radical (unpaired) electrons. The van der Waals surface area contributed by atoms with Crippen molar-refractivity contribution < 1.29 is 4.57 Å². The molecule has 0 spiro atoms. The number of hydrogen-bond acceptors (Lipinski definition) is 2. The second-order valence-corrected chi connectivity index (χ2v) is 16.5. The van der Waals surface area contributed by atoms with Gasteiger partial charge in [-0.25, -0.2) is 4.98 Å². The molecule has 2 aromatic heterocycles. The summed E-state index contributed by atoms with van der Waals surface area (Å²) in [6, 6.07) is 65.5. The summed E-state index contributed by atoms with van der Waals surface area (Å²) < 4.78 is 18.5. The Morgan fingerprint density at radius 1 is 0.415 bits per heavy atom. The fourth-order valence-corrected chi connectivity index (χ4v) is 11.7. The first kappa shape index (κ1) is 30.1. The van der Waals surface area contributed by atoms with E-state index in [-0.39, 0.29) is 0 Å². The van der Waals surface area contributed by atoms with Gasteiger partial charge in [-0.1, -0.05) is 158 Å². The molecule has 0 aliphatic rings. The van der Waals surface area contributed by atoms with Gasteiger partial charge in [-0.15, -0.1) is 0 Å². The molecule has 0 amide bonds. The Kier molecular flexibility index (Phi) is 6.53. The van der Waals surface area contributed by atoms with Crippen LogP contribution < -0.4 is 15.9 Å². The monoisotopic (exact) mass is 694 g/mol. The molecule has 248 valence electrons. The van der Waals surface area contributed by atoms with Crippen LogP contribution in [0.15, 0.2) is 188 Å².